The summed E-state index contributed by atoms with van der Waals surface area (Å²) in [4.78, 5) is 1.27. The summed E-state index contributed by atoms with van der Waals surface area (Å²) in [6.07, 6.45) is 0. The molecule has 2 rings (SSSR count). The van der Waals surface area contributed by atoms with Gasteiger partial charge in [0.25, 0.3) is 0 Å². The lowest BCUT2D eigenvalue weighted by Crippen LogP contribution is -1.94. The molecular weight excluding hydrogens is 238 g/mol. The number of rotatable bonds is 5. The first kappa shape index (κ1) is 11.4. The molecular formula is C11H13N3S2. The van der Waals surface area contributed by atoms with E-state index in [2.05, 4.69) is 34.6 Å². The minimum absolute atomic E-state index is 0.882. The highest BCUT2D eigenvalue weighted by Gasteiger charge is 2.03. The summed E-state index contributed by atoms with van der Waals surface area (Å²) in [6.45, 7) is 2.94. The second-order valence-electron chi connectivity index (χ2n) is 3.13. The van der Waals surface area contributed by atoms with Crippen LogP contribution in [0.15, 0.2) is 35.2 Å². The van der Waals surface area contributed by atoms with Crippen molar-refractivity contribution in [3.63, 3.8) is 0 Å². The van der Waals surface area contributed by atoms with Crippen LogP contribution in [0.2, 0.25) is 0 Å². The molecule has 16 heavy (non-hydrogen) atoms. The molecule has 1 N–H and O–H groups in total. The Morgan fingerprint density at radius 1 is 1.25 bits per heavy atom. The number of aromatic nitrogens is 2. The highest BCUT2D eigenvalue weighted by molar-refractivity contribution is 7.98. The molecule has 0 fully saturated rings. The van der Waals surface area contributed by atoms with Crippen molar-refractivity contribution in [2.75, 3.05) is 11.9 Å². The van der Waals surface area contributed by atoms with Crippen molar-refractivity contribution in [2.45, 2.75) is 17.6 Å². The van der Waals surface area contributed by atoms with Gasteiger partial charge in [0.05, 0.1) is 5.75 Å². The van der Waals surface area contributed by atoms with Crippen LogP contribution in [0.25, 0.3) is 0 Å². The van der Waals surface area contributed by atoms with Gasteiger partial charge in [0.2, 0.25) is 5.13 Å². The van der Waals surface area contributed by atoms with E-state index in [1.807, 2.05) is 18.2 Å². The van der Waals surface area contributed by atoms with E-state index in [4.69, 9.17) is 0 Å². The van der Waals surface area contributed by atoms with Gasteiger partial charge in [-0.2, -0.15) is 0 Å². The summed E-state index contributed by atoms with van der Waals surface area (Å²) in [5.74, 6) is 0.882. The molecule has 1 heterocycles. The average Bonchev–Trinajstić information content (AvgIpc) is 2.76. The Bertz CT molecular complexity index is 428. The zero-order valence-corrected chi connectivity index (χ0v) is 10.6. The molecule has 0 aliphatic heterocycles. The summed E-state index contributed by atoms with van der Waals surface area (Å²) >= 11 is 3.41. The van der Waals surface area contributed by atoms with Crippen LogP contribution in [0, 0.1) is 0 Å². The smallest absolute Gasteiger partial charge is 0.205 e. The molecule has 0 aliphatic carbocycles. The zero-order chi connectivity index (χ0) is 11.2. The number of benzene rings is 1. The minimum Gasteiger partial charge on any atom is -0.360 e. The van der Waals surface area contributed by atoms with Crippen molar-refractivity contribution >= 4 is 28.2 Å². The van der Waals surface area contributed by atoms with Gasteiger partial charge in [0.1, 0.15) is 5.01 Å². The second kappa shape index (κ2) is 5.86. The molecule has 0 spiro atoms. The fourth-order valence-electron chi connectivity index (χ4n) is 1.20. The highest BCUT2D eigenvalue weighted by atomic mass is 32.2. The van der Waals surface area contributed by atoms with Gasteiger partial charge in [-0.3, -0.25) is 0 Å². The Balaban J connectivity index is 1.89. The summed E-state index contributed by atoms with van der Waals surface area (Å²) in [7, 11) is 0. The third kappa shape index (κ3) is 3.21. The van der Waals surface area contributed by atoms with Crippen LogP contribution in [-0.2, 0) is 5.75 Å². The minimum atomic E-state index is 0.882. The zero-order valence-electron chi connectivity index (χ0n) is 9.01. The Morgan fingerprint density at radius 2 is 2.06 bits per heavy atom. The molecule has 0 amide bonds. The molecule has 0 bridgehead atoms. The van der Waals surface area contributed by atoms with Crippen molar-refractivity contribution in [3.05, 3.63) is 35.3 Å². The number of anilines is 1. The monoisotopic (exact) mass is 251 g/mol. The lowest BCUT2D eigenvalue weighted by atomic mass is 10.4. The summed E-state index contributed by atoms with van der Waals surface area (Å²) < 4.78 is 0. The average molecular weight is 251 g/mol. The lowest BCUT2D eigenvalue weighted by Gasteiger charge is -1.96. The molecule has 0 atom stereocenters. The third-order valence-corrected chi connectivity index (χ3v) is 3.99. The van der Waals surface area contributed by atoms with Gasteiger partial charge in [-0.1, -0.05) is 29.5 Å². The molecule has 2 aromatic rings. The van der Waals surface area contributed by atoms with Crippen LogP contribution in [0.1, 0.15) is 11.9 Å². The van der Waals surface area contributed by atoms with Gasteiger partial charge in [0, 0.05) is 11.4 Å². The number of thioether (sulfide) groups is 1. The van der Waals surface area contributed by atoms with E-state index >= 15 is 0 Å². The van der Waals surface area contributed by atoms with Gasteiger partial charge >= 0.3 is 0 Å². The molecule has 0 aliphatic rings. The Labute approximate surface area is 103 Å². The Hall–Kier alpha value is -1.07. The van der Waals surface area contributed by atoms with E-state index in [1.54, 1.807) is 23.1 Å². The lowest BCUT2D eigenvalue weighted by molar-refractivity contribution is 1.03. The number of nitrogens with one attached hydrogen (secondary N) is 1. The van der Waals surface area contributed by atoms with Gasteiger partial charge in [-0.05, 0) is 19.1 Å². The van der Waals surface area contributed by atoms with Crippen molar-refractivity contribution < 1.29 is 0 Å². The molecule has 5 heteroatoms. The van der Waals surface area contributed by atoms with E-state index in [1.165, 1.54) is 4.90 Å². The predicted octanol–water partition coefficient (Wildman–Crippen LogP) is 3.26. The van der Waals surface area contributed by atoms with Crippen LogP contribution >= 0.6 is 23.1 Å². The largest absolute Gasteiger partial charge is 0.360 e. The maximum Gasteiger partial charge on any atom is 0.205 e. The standard InChI is InChI=1S/C11H13N3S2/c1-2-12-11-14-13-10(16-11)8-15-9-6-4-3-5-7-9/h3-7H,2,8H2,1H3,(H,12,14). The van der Waals surface area contributed by atoms with E-state index < -0.39 is 0 Å². The van der Waals surface area contributed by atoms with Gasteiger partial charge in [0.15, 0.2) is 0 Å². The van der Waals surface area contributed by atoms with E-state index in [0.29, 0.717) is 0 Å². The summed E-state index contributed by atoms with van der Waals surface area (Å²) in [5.41, 5.74) is 0. The van der Waals surface area contributed by atoms with Gasteiger partial charge in [-0.25, -0.2) is 0 Å². The molecule has 0 radical (unpaired) electrons. The fraction of sp³-hybridized carbons (Fsp3) is 0.273. The predicted molar refractivity (Wildman–Crippen MR) is 70.1 cm³/mol. The van der Waals surface area contributed by atoms with E-state index in [-0.39, 0.29) is 0 Å². The second-order valence-corrected chi connectivity index (χ2v) is 5.24. The molecule has 0 saturated heterocycles. The SMILES string of the molecule is CCNc1nnc(CSc2ccccc2)s1. The summed E-state index contributed by atoms with van der Waals surface area (Å²) in [5, 5.41) is 13.3. The van der Waals surface area contributed by atoms with Crippen LogP contribution in [0.3, 0.4) is 0 Å². The molecule has 1 aromatic carbocycles. The highest BCUT2D eigenvalue weighted by Crippen LogP contribution is 2.25. The van der Waals surface area contributed by atoms with Crippen LogP contribution in [0.4, 0.5) is 5.13 Å². The summed E-state index contributed by atoms with van der Waals surface area (Å²) in [6, 6.07) is 10.3. The number of nitrogens with zero attached hydrogens (tertiary/aromatic N) is 2. The quantitative estimate of drug-likeness (QED) is 0.828. The molecule has 0 unspecified atom stereocenters. The van der Waals surface area contributed by atoms with Crippen LogP contribution in [-0.4, -0.2) is 16.7 Å². The van der Waals surface area contributed by atoms with Crippen LogP contribution < -0.4 is 5.32 Å². The fourth-order valence-corrected chi connectivity index (χ4v) is 2.91. The van der Waals surface area contributed by atoms with Crippen molar-refractivity contribution in [1.82, 2.24) is 10.2 Å². The molecule has 84 valence electrons. The topological polar surface area (TPSA) is 37.8 Å². The normalized spacial score (nSPS) is 10.3. The Kier molecular flexibility index (Phi) is 4.18. The maximum atomic E-state index is 4.14. The van der Waals surface area contributed by atoms with E-state index in [0.717, 1.165) is 22.4 Å². The van der Waals surface area contributed by atoms with E-state index in [9.17, 15) is 0 Å². The first-order valence-corrected chi connectivity index (χ1v) is 6.93. The van der Waals surface area contributed by atoms with Gasteiger partial charge in [-0.15, -0.1) is 22.0 Å². The Morgan fingerprint density at radius 3 is 2.81 bits per heavy atom. The molecule has 0 saturated carbocycles. The van der Waals surface area contributed by atoms with Crippen molar-refractivity contribution in [2.24, 2.45) is 0 Å². The number of hydrogen-bond acceptors (Lipinski definition) is 5. The van der Waals surface area contributed by atoms with Gasteiger partial charge < -0.3 is 5.32 Å². The third-order valence-electron chi connectivity index (χ3n) is 1.90. The first-order valence-electron chi connectivity index (χ1n) is 5.12. The molecule has 3 nitrogen and oxygen atoms in total. The van der Waals surface area contributed by atoms with Crippen molar-refractivity contribution in [1.29, 1.82) is 0 Å². The van der Waals surface area contributed by atoms with Crippen molar-refractivity contribution in [3.8, 4) is 0 Å². The first-order chi connectivity index (χ1) is 7.88. The maximum absolute atomic E-state index is 4.14. The number of hydrogen-bond donors (Lipinski definition) is 1. The van der Waals surface area contributed by atoms with Crippen LogP contribution in [0.5, 0.6) is 0 Å². The molecule has 1 aromatic heterocycles.